The van der Waals surface area contributed by atoms with Gasteiger partial charge in [-0.1, -0.05) is 18.0 Å². The minimum Gasteiger partial charge on any atom is -0.364 e. The van der Waals surface area contributed by atoms with Crippen LogP contribution in [0.2, 0.25) is 0 Å². The molecule has 1 aliphatic heterocycles. The van der Waals surface area contributed by atoms with Gasteiger partial charge in [-0.3, -0.25) is 9.89 Å². The second-order valence-electron chi connectivity index (χ2n) is 5.96. The quantitative estimate of drug-likeness (QED) is 0.652. The van der Waals surface area contributed by atoms with Crippen LogP contribution >= 0.6 is 0 Å². The van der Waals surface area contributed by atoms with Gasteiger partial charge in [-0.2, -0.15) is 0 Å². The van der Waals surface area contributed by atoms with Crippen LogP contribution in [0, 0.1) is 5.92 Å². The molecule has 0 bridgehead atoms. The lowest BCUT2D eigenvalue weighted by Gasteiger charge is -2.36. The van der Waals surface area contributed by atoms with Crippen molar-refractivity contribution < 1.29 is 4.52 Å². The third kappa shape index (κ3) is 4.20. The van der Waals surface area contributed by atoms with Gasteiger partial charge in [-0.25, -0.2) is 0 Å². The summed E-state index contributed by atoms with van der Waals surface area (Å²) in [5.74, 6) is 2.02. The van der Waals surface area contributed by atoms with Crippen molar-refractivity contribution in [1.29, 1.82) is 0 Å². The molecule has 0 atom stereocenters. The standard InChI is InChI=1S/C15H25N5O/c1-16-15(17-6-4-13-2-3-13)20-9-7-19(8-10-20)12-14-5-11-21-18-14/h5,11,13H,2-4,6-10,12H2,1H3,(H,16,17). The molecule has 0 spiro atoms. The van der Waals surface area contributed by atoms with Crippen molar-refractivity contribution in [2.75, 3.05) is 39.8 Å². The van der Waals surface area contributed by atoms with Crippen LogP contribution in [0.1, 0.15) is 25.0 Å². The Morgan fingerprint density at radius 2 is 2.19 bits per heavy atom. The van der Waals surface area contributed by atoms with Crippen molar-refractivity contribution >= 4 is 5.96 Å². The number of aliphatic imine (C=N–C) groups is 1. The van der Waals surface area contributed by atoms with Crippen LogP contribution in [0.3, 0.4) is 0 Å². The van der Waals surface area contributed by atoms with Gasteiger partial charge >= 0.3 is 0 Å². The lowest BCUT2D eigenvalue weighted by Crippen LogP contribution is -2.52. The van der Waals surface area contributed by atoms with Crippen LogP contribution in [0.5, 0.6) is 0 Å². The van der Waals surface area contributed by atoms with E-state index in [9.17, 15) is 0 Å². The number of hydrogen-bond acceptors (Lipinski definition) is 4. The first-order valence-corrected chi connectivity index (χ1v) is 7.92. The average Bonchev–Trinajstić information content (AvgIpc) is 3.20. The zero-order valence-electron chi connectivity index (χ0n) is 12.8. The van der Waals surface area contributed by atoms with E-state index in [1.54, 1.807) is 6.26 Å². The van der Waals surface area contributed by atoms with Crippen LogP contribution in [0.15, 0.2) is 21.8 Å². The highest BCUT2D eigenvalue weighted by molar-refractivity contribution is 5.79. The number of rotatable bonds is 5. The van der Waals surface area contributed by atoms with E-state index in [1.807, 2.05) is 13.1 Å². The molecule has 2 heterocycles. The van der Waals surface area contributed by atoms with Gasteiger partial charge in [0.15, 0.2) is 5.96 Å². The topological polar surface area (TPSA) is 56.9 Å². The number of piperazine rings is 1. The van der Waals surface area contributed by atoms with E-state index >= 15 is 0 Å². The molecule has 1 aliphatic carbocycles. The Bertz CT molecular complexity index is 447. The van der Waals surface area contributed by atoms with Crippen molar-refractivity contribution in [3.63, 3.8) is 0 Å². The number of guanidine groups is 1. The molecule has 1 aromatic rings. The van der Waals surface area contributed by atoms with Crippen molar-refractivity contribution in [2.45, 2.75) is 25.8 Å². The Balaban J connectivity index is 1.40. The van der Waals surface area contributed by atoms with E-state index in [0.717, 1.165) is 56.8 Å². The fraction of sp³-hybridized carbons (Fsp3) is 0.733. The zero-order chi connectivity index (χ0) is 14.5. The third-order valence-electron chi connectivity index (χ3n) is 4.29. The van der Waals surface area contributed by atoms with Crippen molar-refractivity contribution in [3.05, 3.63) is 18.0 Å². The predicted octanol–water partition coefficient (Wildman–Crippen LogP) is 1.17. The maximum absolute atomic E-state index is 4.89. The van der Waals surface area contributed by atoms with E-state index in [-0.39, 0.29) is 0 Å². The second kappa shape index (κ2) is 6.93. The molecule has 116 valence electrons. The van der Waals surface area contributed by atoms with E-state index in [1.165, 1.54) is 19.3 Å². The Morgan fingerprint density at radius 3 is 2.81 bits per heavy atom. The van der Waals surface area contributed by atoms with Gasteiger partial charge in [0.05, 0.1) is 5.69 Å². The molecule has 1 N–H and O–H groups in total. The fourth-order valence-electron chi connectivity index (χ4n) is 2.79. The summed E-state index contributed by atoms with van der Waals surface area (Å²) >= 11 is 0. The van der Waals surface area contributed by atoms with Crippen LogP contribution in [-0.2, 0) is 6.54 Å². The molecule has 2 aliphatic rings. The lowest BCUT2D eigenvalue weighted by atomic mass is 10.3. The smallest absolute Gasteiger partial charge is 0.193 e. The fourth-order valence-corrected chi connectivity index (χ4v) is 2.79. The summed E-state index contributed by atoms with van der Waals surface area (Å²) in [6.45, 7) is 6.03. The summed E-state index contributed by atoms with van der Waals surface area (Å²) in [5, 5.41) is 7.48. The molecule has 0 amide bonds. The molecule has 1 saturated heterocycles. The number of nitrogens with one attached hydrogen (secondary N) is 1. The highest BCUT2D eigenvalue weighted by Crippen LogP contribution is 2.31. The zero-order valence-corrected chi connectivity index (χ0v) is 12.8. The summed E-state index contributed by atoms with van der Waals surface area (Å²) in [7, 11) is 1.88. The van der Waals surface area contributed by atoms with E-state index in [0.29, 0.717) is 0 Å². The monoisotopic (exact) mass is 291 g/mol. The molecule has 2 fully saturated rings. The molecule has 0 aromatic carbocycles. The average molecular weight is 291 g/mol. The van der Waals surface area contributed by atoms with Crippen LogP contribution < -0.4 is 5.32 Å². The molecule has 6 nitrogen and oxygen atoms in total. The Labute approximate surface area is 126 Å². The highest BCUT2D eigenvalue weighted by Gasteiger charge is 2.22. The van der Waals surface area contributed by atoms with Crippen molar-refractivity contribution in [1.82, 2.24) is 20.3 Å². The minimum atomic E-state index is 0.873. The summed E-state index contributed by atoms with van der Waals surface area (Å²) < 4.78 is 4.89. The molecule has 1 aromatic heterocycles. The number of nitrogens with zero attached hydrogens (tertiary/aromatic N) is 4. The second-order valence-corrected chi connectivity index (χ2v) is 5.96. The lowest BCUT2D eigenvalue weighted by molar-refractivity contribution is 0.169. The van der Waals surface area contributed by atoms with Gasteiger partial charge in [-0.15, -0.1) is 0 Å². The largest absolute Gasteiger partial charge is 0.364 e. The molecule has 6 heteroatoms. The predicted molar refractivity (Wildman–Crippen MR) is 82.1 cm³/mol. The summed E-state index contributed by atoms with van der Waals surface area (Å²) in [4.78, 5) is 9.18. The molecular formula is C15H25N5O. The molecular weight excluding hydrogens is 266 g/mol. The first-order chi connectivity index (χ1) is 10.3. The van der Waals surface area contributed by atoms with E-state index in [2.05, 4.69) is 25.3 Å². The molecule has 21 heavy (non-hydrogen) atoms. The van der Waals surface area contributed by atoms with Gasteiger partial charge in [0.2, 0.25) is 0 Å². The first-order valence-electron chi connectivity index (χ1n) is 7.92. The highest BCUT2D eigenvalue weighted by atomic mass is 16.5. The first kappa shape index (κ1) is 14.4. The molecule has 0 unspecified atom stereocenters. The van der Waals surface area contributed by atoms with E-state index < -0.39 is 0 Å². The van der Waals surface area contributed by atoms with Gasteiger partial charge < -0.3 is 14.7 Å². The number of hydrogen-bond donors (Lipinski definition) is 1. The normalized spacial score (nSPS) is 20.8. The van der Waals surface area contributed by atoms with Gasteiger partial charge in [0.25, 0.3) is 0 Å². The Kier molecular flexibility index (Phi) is 4.75. The van der Waals surface area contributed by atoms with Gasteiger partial charge in [-0.05, 0) is 12.3 Å². The van der Waals surface area contributed by atoms with Gasteiger partial charge in [0, 0.05) is 52.4 Å². The van der Waals surface area contributed by atoms with Gasteiger partial charge in [0.1, 0.15) is 6.26 Å². The van der Waals surface area contributed by atoms with Crippen LogP contribution in [0.25, 0.3) is 0 Å². The third-order valence-corrected chi connectivity index (χ3v) is 4.29. The van der Waals surface area contributed by atoms with Crippen molar-refractivity contribution in [2.24, 2.45) is 10.9 Å². The summed E-state index contributed by atoms with van der Waals surface area (Å²) in [5.41, 5.74) is 1.01. The maximum atomic E-state index is 4.89. The summed E-state index contributed by atoms with van der Waals surface area (Å²) in [6, 6.07) is 1.94. The van der Waals surface area contributed by atoms with Crippen LogP contribution in [0.4, 0.5) is 0 Å². The Morgan fingerprint density at radius 1 is 1.38 bits per heavy atom. The molecule has 0 radical (unpaired) electrons. The van der Waals surface area contributed by atoms with Crippen molar-refractivity contribution in [3.8, 4) is 0 Å². The van der Waals surface area contributed by atoms with E-state index in [4.69, 9.17) is 4.52 Å². The molecule has 3 rings (SSSR count). The molecule has 1 saturated carbocycles. The Hall–Kier alpha value is -1.56. The number of aromatic nitrogens is 1. The minimum absolute atomic E-state index is 0.873. The summed E-state index contributed by atoms with van der Waals surface area (Å²) in [6.07, 6.45) is 5.75. The van der Waals surface area contributed by atoms with Crippen LogP contribution in [-0.4, -0.2) is 60.7 Å². The SMILES string of the molecule is CN=C(NCCC1CC1)N1CCN(Cc2ccon2)CC1. The maximum Gasteiger partial charge on any atom is 0.193 e.